The molecule has 0 unspecified atom stereocenters. The molecule has 0 aliphatic carbocycles. The van der Waals surface area contributed by atoms with Gasteiger partial charge < -0.3 is 10.6 Å². The van der Waals surface area contributed by atoms with Gasteiger partial charge >= 0.3 is 0 Å². The van der Waals surface area contributed by atoms with Gasteiger partial charge in [0, 0.05) is 25.3 Å². The maximum absolute atomic E-state index is 10.7. The van der Waals surface area contributed by atoms with Crippen LogP contribution >= 0.6 is 0 Å². The predicted octanol–water partition coefficient (Wildman–Crippen LogP) is 1.69. The predicted molar refractivity (Wildman–Crippen MR) is 50.3 cm³/mol. The van der Waals surface area contributed by atoms with E-state index in [1.165, 1.54) is 6.92 Å². The van der Waals surface area contributed by atoms with E-state index in [0.717, 1.165) is 11.4 Å². The summed E-state index contributed by atoms with van der Waals surface area (Å²) in [6, 6.07) is 7.55. The van der Waals surface area contributed by atoms with E-state index in [1.54, 1.807) is 0 Å². The van der Waals surface area contributed by atoms with Crippen LogP contribution in [-0.2, 0) is 4.79 Å². The minimum atomic E-state index is -0.0525. The van der Waals surface area contributed by atoms with Crippen LogP contribution in [0, 0.1) is 0 Å². The van der Waals surface area contributed by atoms with Crippen molar-refractivity contribution in [3.63, 3.8) is 0 Å². The third kappa shape index (κ3) is 2.27. The monoisotopic (exact) mass is 164 g/mol. The fourth-order valence-corrected chi connectivity index (χ4v) is 0.956. The Balaban J connectivity index is 2.79. The highest BCUT2D eigenvalue weighted by Gasteiger charge is 1.94. The number of amides is 1. The van der Waals surface area contributed by atoms with Crippen molar-refractivity contribution in [3.05, 3.63) is 24.3 Å². The second-order valence-electron chi connectivity index (χ2n) is 2.51. The fraction of sp³-hybridized carbons (Fsp3) is 0.222. The Kier molecular flexibility index (Phi) is 2.69. The van der Waals surface area contributed by atoms with Crippen LogP contribution in [0.4, 0.5) is 11.4 Å². The van der Waals surface area contributed by atoms with E-state index in [2.05, 4.69) is 10.6 Å². The second-order valence-corrected chi connectivity index (χ2v) is 2.51. The number of benzene rings is 1. The molecule has 0 bridgehead atoms. The van der Waals surface area contributed by atoms with E-state index in [4.69, 9.17) is 0 Å². The van der Waals surface area contributed by atoms with Crippen molar-refractivity contribution in [2.75, 3.05) is 17.7 Å². The first kappa shape index (κ1) is 8.59. The maximum Gasteiger partial charge on any atom is 0.221 e. The Morgan fingerprint density at radius 3 is 2.58 bits per heavy atom. The fourth-order valence-electron chi connectivity index (χ4n) is 0.956. The van der Waals surface area contributed by atoms with E-state index in [1.807, 2.05) is 31.3 Å². The van der Waals surface area contributed by atoms with E-state index in [0.29, 0.717) is 0 Å². The Morgan fingerprint density at radius 2 is 2.00 bits per heavy atom. The van der Waals surface area contributed by atoms with Crippen molar-refractivity contribution in [2.45, 2.75) is 6.92 Å². The largest absolute Gasteiger partial charge is 0.388 e. The number of anilines is 2. The molecule has 0 aliphatic rings. The molecule has 0 saturated carbocycles. The molecule has 1 amide bonds. The first-order valence-electron chi connectivity index (χ1n) is 3.78. The third-order valence-electron chi connectivity index (χ3n) is 1.47. The molecular formula is C9H12N2O. The van der Waals surface area contributed by atoms with Gasteiger partial charge in [-0.1, -0.05) is 6.07 Å². The van der Waals surface area contributed by atoms with Crippen LogP contribution in [0.3, 0.4) is 0 Å². The van der Waals surface area contributed by atoms with Gasteiger partial charge in [-0.2, -0.15) is 0 Å². The summed E-state index contributed by atoms with van der Waals surface area (Å²) < 4.78 is 0. The molecule has 2 N–H and O–H groups in total. The maximum atomic E-state index is 10.7. The number of rotatable bonds is 2. The SMILES string of the molecule is CNc1cccc(NC(C)=O)c1. The molecular weight excluding hydrogens is 152 g/mol. The van der Waals surface area contributed by atoms with Crippen LogP contribution in [0.25, 0.3) is 0 Å². The van der Waals surface area contributed by atoms with Gasteiger partial charge in [-0.25, -0.2) is 0 Å². The van der Waals surface area contributed by atoms with Gasteiger partial charge in [-0.3, -0.25) is 4.79 Å². The Labute approximate surface area is 71.8 Å². The zero-order chi connectivity index (χ0) is 8.97. The Hall–Kier alpha value is -1.51. The van der Waals surface area contributed by atoms with Gasteiger partial charge in [0.1, 0.15) is 0 Å². The van der Waals surface area contributed by atoms with Crippen molar-refractivity contribution in [1.29, 1.82) is 0 Å². The molecule has 0 spiro atoms. The lowest BCUT2D eigenvalue weighted by molar-refractivity contribution is -0.114. The first-order valence-corrected chi connectivity index (χ1v) is 3.78. The molecule has 3 nitrogen and oxygen atoms in total. The molecule has 0 atom stereocenters. The van der Waals surface area contributed by atoms with Gasteiger partial charge in [0.25, 0.3) is 0 Å². The molecule has 0 aliphatic heterocycles. The lowest BCUT2D eigenvalue weighted by atomic mass is 10.3. The quantitative estimate of drug-likeness (QED) is 0.698. The molecule has 0 radical (unpaired) electrons. The molecule has 0 aromatic heterocycles. The van der Waals surface area contributed by atoms with Crippen LogP contribution in [0.1, 0.15) is 6.92 Å². The highest BCUT2D eigenvalue weighted by Crippen LogP contribution is 2.13. The van der Waals surface area contributed by atoms with Gasteiger partial charge in [0.05, 0.1) is 0 Å². The van der Waals surface area contributed by atoms with Crippen LogP contribution in [0.2, 0.25) is 0 Å². The van der Waals surface area contributed by atoms with Crippen LogP contribution in [0.15, 0.2) is 24.3 Å². The van der Waals surface area contributed by atoms with Crippen molar-refractivity contribution < 1.29 is 4.79 Å². The van der Waals surface area contributed by atoms with Crippen molar-refractivity contribution in [2.24, 2.45) is 0 Å². The number of hydrogen-bond acceptors (Lipinski definition) is 2. The summed E-state index contributed by atoms with van der Waals surface area (Å²) in [6.07, 6.45) is 0. The van der Waals surface area contributed by atoms with Crippen molar-refractivity contribution in [1.82, 2.24) is 0 Å². The lowest BCUT2D eigenvalue weighted by Gasteiger charge is -2.04. The van der Waals surface area contributed by atoms with Gasteiger partial charge in [-0.05, 0) is 18.2 Å². The highest BCUT2D eigenvalue weighted by atomic mass is 16.1. The zero-order valence-electron chi connectivity index (χ0n) is 7.22. The van der Waals surface area contributed by atoms with Crippen molar-refractivity contribution >= 4 is 17.3 Å². The van der Waals surface area contributed by atoms with Crippen LogP contribution < -0.4 is 10.6 Å². The number of hydrogen-bond donors (Lipinski definition) is 2. The second kappa shape index (κ2) is 3.76. The smallest absolute Gasteiger partial charge is 0.221 e. The number of carbonyl (C=O) groups is 1. The summed E-state index contributed by atoms with van der Waals surface area (Å²) in [5, 5.41) is 5.69. The summed E-state index contributed by atoms with van der Waals surface area (Å²) in [5.41, 5.74) is 1.80. The molecule has 1 aromatic carbocycles. The van der Waals surface area contributed by atoms with E-state index in [9.17, 15) is 4.79 Å². The van der Waals surface area contributed by atoms with E-state index < -0.39 is 0 Å². The van der Waals surface area contributed by atoms with Gasteiger partial charge in [0.15, 0.2) is 0 Å². The van der Waals surface area contributed by atoms with Gasteiger partial charge in [-0.15, -0.1) is 0 Å². The average molecular weight is 164 g/mol. The summed E-state index contributed by atoms with van der Waals surface area (Å²) >= 11 is 0. The molecule has 1 rings (SSSR count). The number of nitrogens with one attached hydrogen (secondary N) is 2. The van der Waals surface area contributed by atoms with E-state index in [-0.39, 0.29) is 5.91 Å². The molecule has 0 fully saturated rings. The van der Waals surface area contributed by atoms with Crippen LogP contribution in [0.5, 0.6) is 0 Å². The van der Waals surface area contributed by atoms with E-state index >= 15 is 0 Å². The molecule has 1 aromatic rings. The normalized spacial score (nSPS) is 9.17. The average Bonchev–Trinajstić information content (AvgIpc) is 2.03. The molecule has 64 valence electrons. The summed E-state index contributed by atoms with van der Waals surface area (Å²) in [6.45, 7) is 1.49. The Bertz CT molecular complexity index is 284. The summed E-state index contributed by atoms with van der Waals surface area (Å²) in [5.74, 6) is -0.0525. The zero-order valence-corrected chi connectivity index (χ0v) is 7.22. The number of carbonyl (C=O) groups excluding carboxylic acids is 1. The minimum absolute atomic E-state index is 0.0525. The van der Waals surface area contributed by atoms with Gasteiger partial charge in [0.2, 0.25) is 5.91 Å². The topological polar surface area (TPSA) is 41.1 Å². The Morgan fingerprint density at radius 1 is 1.33 bits per heavy atom. The molecule has 0 saturated heterocycles. The third-order valence-corrected chi connectivity index (χ3v) is 1.47. The molecule has 3 heteroatoms. The van der Waals surface area contributed by atoms with Crippen LogP contribution in [-0.4, -0.2) is 13.0 Å². The lowest BCUT2D eigenvalue weighted by Crippen LogP contribution is -2.05. The molecule has 0 heterocycles. The first-order chi connectivity index (χ1) is 5.72. The van der Waals surface area contributed by atoms with Crippen molar-refractivity contribution in [3.8, 4) is 0 Å². The summed E-state index contributed by atoms with van der Waals surface area (Å²) in [7, 11) is 1.84. The highest BCUT2D eigenvalue weighted by molar-refractivity contribution is 5.89. The molecule has 12 heavy (non-hydrogen) atoms. The minimum Gasteiger partial charge on any atom is -0.388 e. The standard InChI is InChI=1S/C9H12N2O/c1-7(12)11-9-5-3-4-8(6-9)10-2/h3-6,10H,1-2H3,(H,11,12). The summed E-state index contributed by atoms with van der Waals surface area (Å²) in [4.78, 5) is 10.7.